The van der Waals surface area contributed by atoms with Gasteiger partial charge in [-0.25, -0.2) is 13.8 Å². The van der Waals surface area contributed by atoms with Gasteiger partial charge < -0.3 is 14.7 Å². The number of hydrogen-bond donors (Lipinski definition) is 1. The molecule has 1 aliphatic heterocycles. The molecule has 4 heterocycles. The third kappa shape index (κ3) is 5.91. The molecule has 0 aliphatic carbocycles. The van der Waals surface area contributed by atoms with Crippen molar-refractivity contribution in [2.24, 2.45) is 0 Å². The van der Waals surface area contributed by atoms with Gasteiger partial charge in [-0.2, -0.15) is 15.5 Å². The summed E-state index contributed by atoms with van der Waals surface area (Å²) >= 11 is 1.23. The van der Waals surface area contributed by atoms with Gasteiger partial charge in [0, 0.05) is 25.7 Å². The highest BCUT2D eigenvalue weighted by molar-refractivity contribution is 7.21. The number of rotatable bonds is 7. The maximum atomic E-state index is 14.0. The summed E-state index contributed by atoms with van der Waals surface area (Å²) in [4.78, 5) is 44.0. The number of thiophene rings is 1. The molecule has 4 aromatic rings. The lowest BCUT2D eigenvalue weighted by atomic mass is 10.0. The molecule has 5 rings (SSSR count). The molecule has 0 unspecified atom stereocenters. The Kier molecular flexibility index (Phi) is 9.31. The standard InChI is InChI=1S/C24H25FN6O4S.C3H5NO/c1-14-19-21(33)30(17-5-4-11-28(2)20(17)32)24(34)29(23(19)36-22(14)31-26-9-10-27-31)12-8-15-13-16(25)6-7-18(15)35-3;4-2-1-3-5/h6-7,9-10,13,17H,4-5,8,11-12H2,1-3H3;5H,1,3H2/t17-;/m0./s1. The number of fused-ring (bicyclic) bond motifs is 1. The first-order valence-corrected chi connectivity index (χ1v) is 13.7. The number of benzene rings is 1. The molecular weight excluding hydrogens is 553 g/mol. The highest BCUT2D eigenvalue weighted by Crippen LogP contribution is 2.31. The van der Waals surface area contributed by atoms with E-state index in [1.807, 2.05) is 0 Å². The second-order valence-electron chi connectivity index (χ2n) is 9.40. The lowest BCUT2D eigenvalue weighted by molar-refractivity contribution is -0.136. The van der Waals surface area contributed by atoms with E-state index in [4.69, 9.17) is 15.1 Å². The van der Waals surface area contributed by atoms with Crippen molar-refractivity contribution < 1.29 is 19.0 Å². The lowest BCUT2D eigenvalue weighted by Crippen LogP contribution is -2.49. The quantitative estimate of drug-likeness (QED) is 0.348. The number of ether oxygens (including phenoxy) is 1. The van der Waals surface area contributed by atoms with Gasteiger partial charge in [0.2, 0.25) is 5.91 Å². The predicted octanol–water partition coefficient (Wildman–Crippen LogP) is 2.19. The van der Waals surface area contributed by atoms with Crippen molar-refractivity contribution in [3.05, 3.63) is 68.4 Å². The van der Waals surface area contributed by atoms with Crippen molar-refractivity contribution in [2.75, 3.05) is 27.3 Å². The number of aromatic nitrogens is 5. The predicted molar refractivity (Wildman–Crippen MR) is 150 cm³/mol. The molecule has 1 saturated heterocycles. The van der Waals surface area contributed by atoms with E-state index in [1.54, 1.807) is 24.9 Å². The Hall–Kier alpha value is -4.35. The summed E-state index contributed by atoms with van der Waals surface area (Å²) < 4.78 is 21.9. The fourth-order valence-electron chi connectivity index (χ4n) is 4.81. The highest BCUT2D eigenvalue weighted by Gasteiger charge is 2.32. The first kappa shape index (κ1) is 29.6. The Morgan fingerprint density at radius 1 is 1.24 bits per heavy atom. The average molecular weight is 584 g/mol. The van der Waals surface area contributed by atoms with Gasteiger partial charge in [-0.05, 0) is 49.9 Å². The number of carbonyl (C=O) groups excluding carboxylic acids is 1. The Morgan fingerprint density at radius 2 is 1.98 bits per heavy atom. The zero-order valence-corrected chi connectivity index (χ0v) is 23.7. The van der Waals surface area contributed by atoms with Gasteiger partial charge in [0.1, 0.15) is 27.4 Å². The number of methoxy groups -OCH3 is 1. The summed E-state index contributed by atoms with van der Waals surface area (Å²) in [6.07, 6.45) is 4.67. The minimum absolute atomic E-state index is 0.0174. The van der Waals surface area contributed by atoms with Crippen LogP contribution in [0.3, 0.4) is 0 Å². The second-order valence-corrected chi connectivity index (χ2v) is 10.4. The summed E-state index contributed by atoms with van der Waals surface area (Å²) in [6, 6.07) is 5.11. The van der Waals surface area contributed by atoms with Crippen LogP contribution < -0.4 is 16.0 Å². The van der Waals surface area contributed by atoms with Crippen LogP contribution in [0.2, 0.25) is 0 Å². The van der Waals surface area contributed by atoms with E-state index >= 15 is 0 Å². The number of piperidine rings is 1. The second kappa shape index (κ2) is 12.9. The van der Waals surface area contributed by atoms with Gasteiger partial charge in [-0.15, -0.1) is 4.80 Å². The van der Waals surface area contributed by atoms with E-state index in [1.165, 1.54) is 58.4 Å². The summed E-state index contributed by atoms with van der Waals surface area (Å²) in [6.45, 7) is 2.49. The Labute approximate surface area is 238 Å². The normalized spacial score (nSPS) is 15.0. The molecule has 216 valence electrons. The SMILES string of the molecule is COc1ccc(F)cc1CCn1c(=O)n([C@H]2CCCN(C)C2=O)c(=O)c2c(C)c(-n3nccn3)sc21.N#CCCO. The molecule has 1 fully saturated rings. The number of nitriles is 1. The van der Waals surface area contributed by atoms with Crippen molar-refractivity contribution in [3.63, 3.8) is 0 Å². The fourth-order valence-corrected chi connectivity index (χ4v) is 6.05. The number of aliphatic hydroxyl groups excluding tert-OH is 1. The molecule has 1 amide bonds. The topological polar surface area (TPSA) is 148 Å². The summed E-state index contributed by atoms with van der Waals surface area (Å²) in [5.41, 5.74) is 0.137. The van der Waals surface area contributed by atoms with Crippen molar-refractivity contribution in [2.45, 2.75) is 45.2 Å². The Balaban J connectivity index is 0.000000714. The monoisotopic (exact) mass is 583 g/mol. The Bertz CT molecular complexity index is 1700. The zero-order chi connectivity index (χ0) is 29.7. The molecule has 0 radical (unpaired) electrons. The molecular formula is C27H30FN7O5S. The van der Waals surface area contributed by atoms with E-state index in [0.717, 1.165) is 4.57 Å². The van der Waals surface area contributed by atoms with Gasteiger partial charge in [-0.1, -0.05) is 11.3 Å². The smallest absolute Gasteiger partial charge is 0.332 e. The van der Waals surface area contributed by atoms with Crippen LogP contribution in [0.5, 0.6) is 5.75 Å². The van der Waals surface area contributed by atoms with Crippen LogP contribution in [0.4, 0.5) is 4.39 Å². The number of carbonyl (C=O) groups is 1. The number of aliphatic hydroxyl groups is 1. The van der Waals surface area contributed by atoms with E-state index in [0.29, 0.717) is 51.5 Å². The largest absolute Gasteiger partial charge is 0.496 e. The molecule has 12 nitrogen and oxygen atoms in total. The van der Waals surface area contributed by atoms with Crippen LogP contribution in [0.1, 0.15) is 36.4 Å². The summed E-state index contributed by atoms with van der Waals surface area (Å²) in [5.74, 6) is -0.176. The Morgan fingerprint density at radius 3 is 2.61 bits per heavy atom. The van der Waals surface area contributed by atoms with E-state index in [2.05, 4.69) is 10.2 Å². The molecule has 0 saturated carbocycles. The van der Waals surface area contributed by atoms with Gasteiger partial charge >= 0.3 is 5.69 Å². The molecule has 0 bridgehead atoms. The number of likely N-dealkylation sites (tertiary alicyclic amines) is 1. The minimum atomic E-state index is -0.881. The number of halogens is 1. The van der Waals surface area contributed by atoms with Crippen molar-refractivity contribution >= 4 is 27.5 Å². The third-order valence-electron chi connectivity index (χ3n) is 6.83. The molecule has 14 heteroatoms. The van der Waals surface area contributed by atoms with E-state index in [9.17, 15) is 18.8 Å². The number of aryl methyl sites for hydroxylation is 3. The van der Waals surface area contributed by atoms with E-state index < -0.39 is 23.1 Å². The van der Waals surface area contributed by atoms with Crippen LogP contribution in [0, 0.1) is 24.1 Å². The molecule has 41 heavy (non-hydrogen) atoms. The molecule has 1 aliphatic rings. The fraction of sp³-hybridized carbons (Fsp3) is 0.407. The minimum Gasteiger partial charge on any atom is -0.496 e. The molecule has 1 aromatic carbocycles. The van der Waals surface area contributed by atoms with E-state index in [-0.39, 0.29) is 31.9 Å². The molecule has 1 N–H and O–H groups in total. The van der Waals surface area contributed by atoms with Gasteiger partial charge in [0.05, 0.1) is 44.0 Å². The summed E-state index contributed by atoms with van der Waals surface area (Å²) in [5, 5.41) is 24.8. The van der Waals surface area contributed by atoms with Crippen molar-refractivity contribution in [3.8, 4) is 16.8 Å². The first-order valence-electron chi connectivity index (χ1n) is 12.9. The van der Waals surface area contributed by atoms with Gasteiger partial charge in [0.25, 0.3) is 5.56 Å². The van der Waals surface area contributed by atoms with Crippen LogP contribution in [0.25, 0.3) is 15.2 Å². The molecule has 1 atom stereocenters. The van der Waals surface area contributed by atoms with Gasteiger partial charge in [-0.3, -0.25) is 14.2 Å². The van der Waals surface area contributed by atoms with Crippen molar-refractivity contribution in [1.82, 2.24) is 29.0 Å². The highest BCUT2D eigenvalue weighted by atomic mass is 32.1. The number of amides is 1. The number of likely N-dealkylation sites (N-methyl/N-ethyl adjacent to an activating group) is 1. The van der Waals surface area contributed by atoms with Crippen LogP contribution in [-0.2, 0) is 17.8 Å². The molecule has 0 spiro atoms. The number of nitrogens with zero attached hydrogens (tertiary/aromatic N) is 7. The average Bonchev–Trinajstić information content (AvgIpc) is 3.60. The van der Waals surface area contributed by atoms with Crippen LogP contribution in [-0.4, -0.2) is 67.4 Å². The van der Waals surface area contributed by atoms with Crippen LogP contribution >= 0.6 is 11.3 Å². The van der Waals surface area contributed by atoms with Gasteiger partial charge in [0.15, 0.2) is 0 Å². The number of hydrogen-bond acceptors (Lipinski definition) is 9. The summed E-state index contributed by atoms with van der Waals surface area (Å²) in [7, 11) is 3.17. The van der Waals surface area contributed by atoms with Crippen LogP contribution in [0.15, 0.2) is 40.2 Å². The third-order valence-corrected chi connectivity index (χ3v) is 8.11. The van der Waals surface area contributed by atoms with Crippen molar-refractivity contribution in [1.29, 1.82) is 5.26 Å². The lowest BCUT2D eigenvalue weighted by Gasteiger charge is -2.30. The maximum Gasteiger partial charge on any atom is 0.332 e. The molecule has 3 aromatic heterocycles. The maximum absolute atomic E-state index is 14.0. The first-order chi connectivity index (χ1) is 19.7. The zero-order valence-electron chi connectivity index (χ0n) is 22.9.